The van der Waals surface area contributed by atoms with Crippen LogP contribution in [0.25, 0.3) is 0 Å². The summed E-state index contributed by atoms with van der Waals surface area (Å²) in [6.07, 6.45) is -9.73. The zero-order valence-corrected chi connectivity index (χ0v) is 12.1. The molecule has 0 aliphatic carbocycles. The molecule has 0 radical (unpaired) electrons. The molecule has 1 aromatic carbocycles. The van der Waals surface area contributed by atoms with Crippen LogP contribution in [0.4, 0.5) is 17.6 Å². The number of methoxy groups -OCH3 is 1. The van der Waals surface area contributed by atoms with Crippen molar-refractivity contribution in [3.05, 3.63) is 17.7 Å². The van der Waals surface area contributed by atoms with Crippen molar-refractivity contribution < 1.29 is 36.9 Å². The lowest BCUT2D eigenvalue weighted by molar-refractivity contribution is -0.391. The van der Waals surface area contributed by atoms with Crippen LogP contribution in [0.2, 0.25) is 0 Å². The molecule has 0 saturated carbocycles. The Hall–Kier alpha value is -1.45. The Labute approximate surface area is 129 Å². The maximum atomic E-state index is 13.3. The van der Waals surface area contributed by atoms with E-state index < -0.39 is 36.4 Å². The van der Waals surface area contributed by atoms with Crippen LogP contribution in [0, 0.1) is 0 Å². The van der Waals surface area contributed by atoms with Gasteiger partial charge in [0.1, 0.15) is 5.75 Å². The Morgan fingerprint density at radius 2 is 1.82 bits per heavy atom. The molecule has 0 amide bonds. The van der Waals surface area contributed by atoms with Crippen molar-refractivity contribution in [2.24, 2.45) is 5.73 Å². The lowest BCUT2D eigenvalue weighted by atomic mass is 10.0. The maximum absolute atomic E-state index is 13.3. The van der Waals surface area contributed by atoms with Gasteiger partial charge in [-0.2, -0.15) is 17.6 Å². The number of ether oxygens (including phenoxy) is 3. The van der Waals surface area contributed by atoms with Gasteiger partial charge < -0.3 is 25.1 Å². The van der Waals surface area contributed by atoms with Crippen molar-refractivity contribution in [2.75, 3.05) is 13.7 Å². The average Bonchev–Trinajstić information content (AvgIpc) is 2.40. The first-order valence-electron chi connectivity index (χ1n) is 5.92. The van der Waals surface area contributed by atoms with Gasteiger partial charge in [-0.05, 0) is 18.6 Å². The number of halogens is 5. The number of alkyl halides is 4. The van der Waals surface area contributed by atoms with Gasteiger partial charge >= 0.3 is 12.2 Å². The molecule has 0 spiro atoms. The SMILES string of the molecule is COc1ccc2c(c1CC(N)CO)OC(F)(F)C(F)(F)O2.Cl. The van der Waals surface area contributed by atoms with E-state index >= 15 is 0 Å². The normalized spacial score (nSPS) is 19.0. The zero-order chi connectivity index (χ0) is 15.8. The molecule has 1 aliphatic heterocycles. The molecule has 0 aromatic heterocycles. The summed E-state index contributed by atoms with van der Waals surface area (Å²) in [5.41, 5.74) is 5.57. The lowest BCUT2D eigenvalue weighted by Crippen LogP contribution is -2.52. The Bertz CT molecular complexity index is 544. The highest BCUT2D eigenvalue weighted by atomic mass is 35.5. The fourth-order valence-electron chi connectivity index (χ4n) is 1.88. The van der Waals surface area contributed by atoms with E-state index in [1.54, 1.807) is 0 Å². The van der Waals surface area contributed by atoms with Crippen LogP contribution >= 0.6 is 12.4 Å². The summed E-state index contributed by atoms with van der Waals surface area (Å²) in [5, 5.41) is 8.94. The van der Waals surface area contributed by atoms with Crippen LogP contribution in [0.5, 0.6) is 17.2 Å². The van der Waals surface area contributed by atoms with Crippen molar-refractivity contribution in [1.82, 2.24) is 0 Å². The van der Waals surface area contributed by atoms with E-state index in [1.165, 1.54) is 13.2 Å². The first-order valence-corrected chi connectivity index (χ1v) is 5.92. The van der Waals surface area contributed by atoms with Gasteiger partial charge in [0, 0.05) is 11.6 Å². The molecule has 1 aromatic rings. The first-order chi connectivity index (χ1) is 9.71. The van der Waals surface area contributed by atoms with E-state index in [0.717, 1.165) is 6.07 Å². The molecule has 126 valence electrons. The molecule has 5 nitrogen and oxygen atoms in total. The van der Waals surface area contributed by atoms with E-state index in [4.69, 9.17) is 15.6 Å². The minimum Gasteiger partial charge on any atom is -0.496 e. The molecule has 1 unspecified atom stereocenters. The van der Waals surface area contributed by atoms with Crippen molar-refractivity contribution in [3.8, 4) is 17.2 Å². The summed E-state index contributed by atoms with van der Waals surface area (Å²) in [6, 6.07) is 1.50. The highest BCUT2D eigenvalue weighted by molar-refractivity contribution is 5.85. The van der Waals surface area contributed by atoms with Crippen molar-refractivity contribution in [1.29, 1.82) is 0 Å². The molecule has 0 fully saturated rings. The Kier molecular flexibility index (Phi) is 5.37. The highest BCUT2D eigenvalue weighted by Gasteiger charge is 2.66. The van der Waals surface area contributed by atoms with E-state index in [9.17, 15) is 17.6 Å². The number of hydrogen-bond donors (Lipinski definition) is 2. The zero-order valence-electron chi connectivity index (χ0n) is 11.3. The topological polar surface area (TPSA) is 73.9 Å². The van der Waals surface area contributed by atoms with Gasteiger partial charge in [0.15, 0.2) is 11.5 Å². The van der Waals surface area contributed by atoms with Crippen LogP contribution in [-0.4, -0.2) is 37.1 Å². The van der Waals surface area contributed by atoms with Crippen LogP contribution < -0.4 is 19.9 Å². The molecule has 1 aliphatic rings. The van der Waals surface area contributed by atoms with Gasteiger partial charge in [-0.1, -0.05) is 0 Å². The summed E-state index contributed by atoms with van der Waals surface area (Å²) in [6.45, 7) is -0.430. The summed E-state index contributed by atoms with van der Waals surface area (Å²) in [4.78, 5) is 0. The molecule has 0 saturated heterocycles. The summed E-state index contributed by atoms with van der Waals surface area (Å²) >= 11 is 0. The fraction of sp³-hybridized carbons (Fsp3) is 0.500. The lowest BCUT2D eigenvalue weighted by Gasteiger charge is -2.33. The number of hydrogen-bond acceptors (Lipinski definition) is 5. The number of fused-ring (bicyclic) bond motifs is 1. The molecular weight excluding hydrogens is 334 g/mol. The number of nitrogens with two attached hydrogens (primary N) is 1. The van der Waals surface area contributed by atoms with Gasteiger partial charge in [-0.3, -0.25) is 0 Å². The second-order valence-electron chi connectivity index (χ2n) is 4.46. The second kappa shape index (κ2) is 6.35. The van der Waals surface area contributed by atoms with Crippen molar-refractivity contribution in [3.63, 3.8) is 0 Å². The third-order valence-corrected chi connectivity index (χ3v) is 2.91. The van der Waals surface area contributed by atoms with Crippen LogP contribution in [0.15, 0.2) is 12.1 Å². The van der Waals surface area contributed by atoms with Gasteiger partial charge in [0.25, 0.3) is 0 Å². The number of benzene rings is 1. The van der Waals surface area contributed by atoms with Gasteiger partial charge in [-0.25, -0.2) is 0 Å². The Morgan fingerprint density at radius 3 is 2.36 bits per heavy atom. The minimum absolute atomic E-state index is 0. The molecule has 0 bridgehead atoms. The summed E-state index contributed by atoms with van der Waals surface area (Å²) in [5.74, 6) is -1.01. The van der Waals surface area contributed by atoms with E-state index in [2.05, 4.69) is 9.47 Å². The van der Waals surface area contributed by atoms with Crippen LogP contribution in [-0.2, 0) is 6.42 Å². The molecule has 3 N–H and O–H groups in total. The molecular formula is C12H14ClF4NO4. The molecule has 10 heteroatoms. The molecule has 1 heterocycles. The largest absolute Gasteiger partial charge is 0.507 e. The average molecular weight is 348 g/mol. The van der Waals surface area contributed by atoms with Gasteiger partial charge in [0.2, 0.25) is 0 Å². The highest BCUT2D eigenvalue weighted by Crippen LogP contribution is 2.50. The molecule has 22 heavy (non-hydrogen) atoms. The molecule has 2 rings (SSSR count). The fourth-order valence-corrected chi connectivity index (χ4v) is 1.88. The van der Waals surface area contributed by atoms with Crippen molar-refractivity contribution >= 4 is 12.4 Å². The third-order valence-electron chi connectivity index (χ3n) is 2.91. The molecule has 1 atom stereocenters. The minimum atomic E-state index is -4.83. The predicted octanol–water partition coefficient (Wildman–Crippen LogP) is 1.94. The quantitative estimate of drug-likeness (QED) is 0.814. The van der Waals surface area contributed by atoms with E-state index in [1.807, 2.05) is 0 Å². The monoisotopic (exact) mass is 347 g/mol. The predicted molar refractivity (Wildman–Crippen MR) is 70.2 cm³/mol. The van der Waals surface area contributed by atoms with Gasteiger partial charge in [0.05, 0.1) is 13.7 Å². The number of rotatable bonds is 4. The maximum Gasteiger partial charge on any atom is 0.507 e. The Morgan fingerprint density at radius 1 is 1.23 bits per heavy atom. The smallest absolute Gasteiger partial charge is 0.496 e. The number of aliphatic hydroxyl groups is 1. The third kappa shape index (κ3) is 3.16. The van der Waals surface area contributed by atoms with Crippen LogP contribution in [0.1, 0.15) is 5.56 Å². The van der Waals surface area contributed by atoms with Gasteiger partial charge in [-0.15, -0.1) is 12.4 Å². The summed E-state index contributed by atoms with van der Waals surface area (Å²) < 4.78 is 65.9. The van der Waals surface area contributed by atoms with E-state index in [0.29, 0.717) is 0 Å². The first kappa shape index (κ1) is 18.6. The standard InChI is InChI=1S/C12H13F4NO4.ClH/c1-19-8-2-3-9-10(7(8)4-6(17)5-18)21-12(15,16)11(13,14)20-9;/h2-3,6,18H,4-5,17H2,1H3;1H. The number of aliphatic hydroxyl groups excluding tert-OH is 1. The summed E-state index contributed by atoms with van der Waals surface area (Å²) in [7, 11) is 1.27. The van der Waals surface area contributed by atoms with Crippen molar-refractivity contribution in [2.45, 2.75) is 24.7 Å². The van der Waals surface area contributed by atoms with E-state index in [-0.39, 0.29) is 30.1 Å². The van der Waals surface area contributed by atoms with Crippen LogP contribution in [0.3, 0.4) is 0 Å². The Balaban J connectivity index is 0.00000242. The second-order valence-corrected chi connectivity index (χ2v) is 4.46.